The van der Waals surface area contributed by atoms with Gasteiger partial charge >= 0.3 is 5.97 Å². The molecule has 0 aliphatic heterocycles. The summed E-state index contributed by atoms with van der Waals surface area (Å²) in [6.45, 7) is 6.80. The standard InChI is InChI=1S/C67H125N2O7P/c1-7-10-13-16-19-22-25-27-29-30-31-32-33-34-35-36-37-38-40-41-44-47-50-53-56-59-66(70)68-64(63-75-77(72,73)74-62-61-69(4,5)6)65(58-55-52-49-46-43-24-21-18-15-12-9-3)76-67(71)60-57-54-51-48-45-42-39-28-26-23-20-17-14-11-8-2/h19-20,22-23,26-29,55,58,64-65H,7-18,21,24-25,30-54,56-57,59-63H2,1-6H3,(H-,68,70,72,73)/b22-19-,23-20+,28-26+,29-27-,58-55-. The van der Waals surface area contributed by atoms with E-state index in [2.05, 4.69) is 74.7 Å². The van der Waals surface area contributed by atoms with E-state index in [0.717, 1.165) is 83.5 Å². The minimum absolute atomic E-state index is 0.0246. The number of esters is 1. The van der Waals surface area contributed by atoms with Crippen molar-refractivity contribution >= 4 is 19.7 Å². The van der Waals surface area contributed by atoms with E-state index in [0.29, 0.717) is 17.4 Å². The Morgan fingerprint density at radius 2 is 0.831 bits per heavy atom. The van der Waals surface area contributed by atoms with Gasteiger partial charge in [0, 0.05) is 12.8 Å². The first-order valence-corrected chi connectivity index (χ1v) is 34.1. The summed E-state index contributed by atoms with van der Waals surface area (Å²) in [6.07, 6.45) is 71.9. The highest BCUT2D eigenvalue weighted by atomic mass is 31.2. The molecule has 0 aliphatic rings. The predicted octanol–water partition coefficient (Wildman–Crippen LogP) is 19.6. The number of nitrogens with zero attached hydrogens (tertiary/aromatic N) is 1. The van der Waals surface area contributed by atoms with Gasteiger partial charge in [-0.05, 0) is 89.5 Å². The topological polar surface area (TPSA) is 114 Å². The Balaban J connectivity index is 5.06. The number of nitrogens with one attached hydrogen (secondary N) is 1. The van der Waals surface area contributed by atoms with Gasteiger partial charge in [-0.2, -0.15) is 0 Å². The average molecular weight is 1100 g/mol. The van der Waals surface area contributed by atoms with Crippen molar-refractivity contribution in [1.82, 2.24) is 5.32 Å². The molecule has 3 unspecified atom stereocenters. The summed E-state index contributed by atoms with van der Waals surface area (Å²) >= 11 is 0. The van der Waals surface area contributed by atoms with Crippen LogP contribution in [0.5, 0.6) is 0 Å². The Kier molecular flexibility index (Phi) is 55.3. The van der Waals surface area contributed by atoms with Crippen molar-refractivity contribution in [1.29, 1.82) is 0 Å². The van der Waals surface area contributed by atoms with Crippen molar-refractivity contribution in [2.75, 3.05) is 40.9 Å². The van der Waals surface area contributed by atoms with Crippen LogP contribution < -0.4 is 10.2 Å². The molecule has 1 amide bonds. The molecule has 0 saturated heterocycles. The van der Waals surface area contributed by atoms with Crippen molar-refractivity contribution < 1.29 is 37.3 Å². The summed E-state index contributed by atoms with van der Waals surface area (Å²) < 4.78 is 30.3. The fourth-order valence-electron chi connectivity index (χ4n) is 9.37. The van der Waals surface area contributed by atoms with Crippen LogP contribution in [0, 0.1) is 0 Å². The zero-order chi connectivity index (χ0) is 56.4. The van der Waals surface area contributed by atoms with E-state index < -0.39 is 26.6 Å². The maximum Gasteiger partial charge on any atom is 0.306 e. The van der Waals surface area contributed by atoms with E-state index in [-0.39, 0.29) is 24.9 Å². The first kappa shape index (κ1) is 74.7. The fourth-order valence-corrected chi connectivity index (χ4v) is 10.1. The molecule has 0 aliphatic carbocycles. The second kappa shape index (κ2) is 57.0. The van der Waals surface area contributed by atoms with Crippen LogP contribution in [0.25, 0.3) is 0 Å². The monoisotopic (exact) mass is 1100 g/mol. The number of quaternary nitrogens is 1. The number of likely N-dealkylation sites (N-methyl/N-ethyl adjacent to an activating group) is 1. The molecule has 0 fully saturated rings. The van der Waals surface area contributed by atoms with E-state index >= 15 is 0 Å². The van der Waals surface area contributed by atoms with Crippen LogP contribution in [0.4, 0.5) is 0 Å². The van der Waals surface area contributed by atoms with Gasteiger partial charge in [0.15, 0.2) is 0 Å². The minimum Gasteiger partial charge on any atom is -0.756 e. The van der Waals surface area contributed by atoms with Gasteiger partial charge in [0.05, 0.1) is 33.8 Å². The zero-order valence-electron chi connectivity index (χ0n) is 51.4. The van der Waals surface area contributed by atoms with Crippen LogP contribution >= 0.6 is 7.82 Å². The zero-order valence-corrected chi connectivity index (χ0v) is 52.3. The lowest BCUT2D eigenvalue weighted by Crippen LogP contribution is -2.47. The number of unbranched alkanes of at least 4 members (excludes halogenated alkanes) is 36. The van der Waals surface area contributed by atoms with Gasteiger partial charge in [0.1, 0.15) is 19.3 Å². The van der Waals surface area contributed by atoms with Gasteiger partial charge in [0.25, 0.3) is 7.82 Å². The van der Waals surface area contributed by atoms with Crippen molar-refractivity contribution in [2.45, 2.75) is 315 Å². The second-order valence-electron chi connectivity index (χ2n) is 23.3. The molecule has 0 saturated carbocycles. The Morgan fingerprint density at radius 1 is 0.468 bits per heavy atom. The number of ether oxygens (including phenoxy) is 1. The maximum atomic E-state index is 13.5. The number of hydrogen-bond acceptors (Lipinski definition) is 7. The maximum absolute atomic E-state index is 13.5. The van der Waals surface area contributed by atoms with E-state index in [4.69, 9.17) is 13.8 Å². The van der Waals surface area contributed by atoms with E-state index in [1.54, 1.807) is 0 Å². The number of allylic oxidation sites excluding steroid dienone is 9. The number of carbonyl (C=O) groups is 2. The highest BCUT2D eigenvalue weighted by molar-refractivity contribution is 7.45. The first-order chi connectivity index (χ1) is 37.4. The van der Waals surface area contributed by atoms with Crippen LogP contribution in [0.3, 0.4) is 0 Å². The summed E-state index contributed by atoms with van der Waals surface area (Å²) in [5.74, 6) is -0.548. The molecule has 77 heavy (non-hydrogen) atoms. The molecule has 0 bridgehead atoms. The highest BCUT2D eigenvalue weighted by Crippen LogP contribution is 2.38. The number of amides is 1. The molecular weight excluding hydrogens is 976 g/mol. The smallest absolute Gasteiger partial charge is 0.306 e. The third kappa shape index (κ3) is 58.2. The normalized spacial score (nSPS) is 14.0. The third-order valence-electron chi connectivity index (χ3n) is 14.4. The Hall–Kier alpha value is -2.29. The van der Waals surface area contributed by atoms with E-state index in [9.17, 15) is 19.0 Å². The molecule has 10 heteroatoms. The molecule has 1 N–H and O–H groups in total. The van der Waals surface area contributed by atoms with Crippen molar-refractivity contribution in [2.24, 2.45) is 0 Å². The van der Waals surface area contributed by atoms with Gasteiger partial charge in [-0.1, -0.05) is 262 Å². The van der Waals surface area contributed by atoms with Crippen LogP contribution in [0.2, 0.25) is 0 Å². The summed E-state index contributed by atoms with van der Waals surface area (Å²) in [4.78, 5) is 40.0. The quantitative estimate of drug-likeness (QED) is 0.0161. The largest absolute Gasteiger partial charge is 0.756 e. The molecule has 0 aromatic heterocycles. The van der Waals surface area contributed by atoms with E-state index in [1.165, 1.54) is 186 Å². The number of rotatable bonds is 59. The molecule has 0 rings (SSSR count). The van der Waals surface area contributed by atoms with Crippen LogP contribution in [0.15, 0.2) is 60.8 Å². The van der Waals surface area contributed by atoms with Crippen LogP contribution in [-0.2, 0) is 27.9 Å². The summed E-state index contributed by atoms with van der Waals surface area (Å²) in [5, 5.41) is 3.03. The highest BCUT2D eigenvalue weighted by Gasteiger charge is 2.27. The molecule has 0 heterocycles. The summed E-state index contributed by atoms with van der Waals surface area (Å²) in [5.41, 5.74) is 0. The molecule has 0 spiro atoms. The lowest BCUT2D eigenvalue weighted by Gasteiger charge is -2.30. The van der Waals surface area contributed by atoms with Crippen LogP contribution in [-0.4, -0.2) is 69.4 Å². The molecule has 0 aromatic rings. The lowest BCUT2D eigenvalue weighted by molar-refractivity contribution is -0.870. The molecule has 3 atom stereocenters. The Bertz CT molecular complexity index is 1500. The van der Waals surface area contributed by atoms with Crippen molar-refractivity contribution in [3.63, 3.8) is 0 Å². The molecule has 9 nitrogen and oxygen atoms in total. The molecule has 0 radical (unpaired) electrons. The van der Waals surface area contributed by atoms with E-state index in [1.807, 2.05) is 33.3 Å². The number of phosphoric acid groups is 1. The SMILES string of the molecule is CCCCC/C=C\C/C=C\CCCCCCCCCCCCCCCCCC(=O)NC(COP(=O)([O-])OCC[N+](C)(C)C)C(/C=C\CCCCCCCCCCC)OC(=O)CCCCCCCC/C=C/C=C/CCCCC. The minimum atomic E-state index is -4.70. The van der Waals surface area contributed by atoms with Gasteiger partial charge in [-0.25, -0.2) is 0 Å². The van der Waals surface area contributed by atoms with Gasteiger partial charge in [0.2, 0.25) is 5.91 Å². The Morgan fingerprint density at radius 3 is 1.27 bits per heavy atom. The summed E-state index contributed by atoms with van der Waals surface area (Å²) in [7, 11) is 1.18. The lowest BCUT2D eigenvalue weighted by atomic mass is 10.0. The average Bonchev–Trinajstić information content (AvgIpc) is 3.39. The first-order valence-electron chi connectivity index (χ1n) is 32.6. The van der Waals surface area contributed by atoms with Gasteiger partial charge < -0.3 is 28.5 Å². The van der Waals surface area contributed by atoms with Crippen molar-refractivity contribution in [3.05, 3.63) is 60.8 Å². The second-order valence-corrected chi connectivity index (χ2v) is 24.7. The summed E-state index contributed by atoms with van der Waals surface area (Å²) in [6, 6.07) is -0.893. The van der Waals surface area contributed by atoms with Crippen LogP contribution in [0.1, 0.15) is 303 Å². The fraction of sp³-hybridized carbons (Fsp3) is 0.821. The number of hydrogen-bond donors (Lipinski definition) is 1. The molecule has 0 aromatic carbocycles. The predicted molar refractivity (Wildman–Crippen MR) is 330 cm³/mol. The Labute approximate surface area is 477 Å². The van der Waals surface area contributed by atoms with Crippen molar-refractivity contribution in [3.8, 4) is 0 Å². The molecular formula is C67H125N2O7P. The number of phosphoric ester groups is 1. The van der Waals surface area contributed by atoms with Gasteiger partial charge in [-0.3, -0.25) is 14.2 Å². The third-order valence-corrected chi connectivity index (χ3v) is 15.4. The van der Waals surface area contributed by atoms with Gasteiger partial charge in [-0.15, -0.1) is 0 Å². The number of carbonyl (C=O) groups excluding carboxylic acids is 2. The molecule has 450 valence electrons.